The molecule has 0 aliphatic heterocycles. The summed E-state index contributed by atoms with van der Waals surface area (Å²) in [6.45, 7) is 0. The molecule has 3 rings (SSSR count). The molecule has 0 radical (unpaired) electrons. The number of hydrogen-bond acceptors (Lipinski definition) is 2. The van der Waals surface area contributed by atoms with Gasteiger partial charge in [-0.05, 0) is 59.7 Å². The minimum Gasteiger partial charge on any atom is -0.353 e. The fourth-order valence-corrected chi connectivity index (χ4v) is 2.83. The molecule has 0 atom stereocenters. The van der Waals surface area contributed by atoms with Gasteiger partial charge in [-0.3, -0.25) is 4.57 Å². The maximum Gasteiger partial charge on any atom is 0.207 e. The highest BCUT2D eigenvalue weighted by Gasteiger charge is 2.16. The van der Waals surface area contributed by atoms with Crippen molar-refractivity contribution in [1.29, 1.82) is 0 Å². The van der Waals surface area contributed by atoms with Crippen molar-refractivity contribution in [2.45, 2.75) is 31.7 Å². The lowest BCUT2D eigenvalue weighted by atomic mass is 10.2. The van der Waals surface area contributed by atoms with E-state index in [0.29, 0.717) is 6.04 Å². The second-order valence-corrected chi connectivity index (χ2v) is 5.97. The third-order valence-electron chi connectivity index (χ3n) is 3.43. The molecule has 1 saturated carbocycles. The summed E-state index contributed by atoms with van der Waals surface area (Å²) in [5.41, 5.74) is 1.16. The van der Waals surface area contributed by atoms with Gasteiger partial charge in [-0.25, -0.2) is 4.98 Å². The van der Waals surface area contributed by atoms with Crippen LogP contribution in [-0.4, -0.2) is 15.6 Å². The van der Waals surface area contributed by atoms with Crippen LogP contribution in [-0.2, 0) is 0 Å². The van der Waals surface area contributed by atoms with Gasteiger partial charge in [-0.15, -0.1) is 0 Å². The molecule has 2 aromatic rings. The van der Waals surface area contributed by atoms with Gasteiger partial charge < -0.3 is 5.32 Å². The van der Waals surface area contributed by atoms with Crippen LogP contribution in [0.5, 0.6) is 0 Å². The maximum absolute atomic E-state index is 4.43. The van der Waals surface area contributed by atoms with Crippen molar-refractivity contribution in [3.05, 3.63) is 40.2 Å². The maximum atomic E-state index is 4.43. The zero-order valence-corrected chi connectivity index (χ0v) is 12.3. The topological polar surface area (TPSA) is 29.9 Å². The van der Waals surface area contributed by atoms with Crippen LogP contribution in [0.25, 0.3) is 5.69 Å². The van der Waals surface area contributed by atoms with E-state index in [1.54, 1.807) is 0 Å². The van der Waals surface area contributed by atoms with Crippen molar-refractivity contribution < 1.29 is 0 Å². The third kappa shape index (κ3) is 2.53. The van der Waals surface area contributed by atoms with Crippen molar-refractivity contribution in [3.63, 3.8) is 0 Å². The minimum absolute atomic E-state index is 0.593. The summed E-state index contributed by atoms with van der Waals surface area (Å²) in [4.78, 5) is 4.43. The summed E-state index contributed by atoms with van der Waals surface area (Å²) in [6.07, 6.45) is 9.07. The van der Waals surface area contributed by atoms with Crippen molar-refractivity contribution in [2.75, 3.05) is 5.32 Å². The van der Waals surface area contributed by atoms with Crippen molar-refractivity contribution in [3.8, 4) is 5.69 Å². The van der Waals surface area contributed by atoms with E-state index in [1.807, 2.05) is 12.4 Å². The highest BCUT2D eigenvalue weighted by molar-refractivity contribution is 14.1. The van der Waals surface area contributed by atoms with E-state index in [1.165, 1.54) is 29.3 Å². The molecular weight excluding hydrogens is 337 g/mol. The molecule has 18 heavy (non-hydrogen) atoms. The van der Waals surface area contributed by atoms with Crippen molar-refractivity contribution >= 4 is 28.5 Å². The minimum atomic E-state index is 0.593. The first kappa shape index (κ1) is 12.0. The third-order valence-corrected chi connectivity index (χ3v) is 4.15. The molecule has 94 valence electrons. The summed E-state index contributed by atoms with van der Waals surface area (Å²) in [7, 11) is 0. The van der Waals surface area contributed by atoms with E-state index in [-0.39, 0.29) is 0 Å². The Kier molecular flexibility index (Phi) is 3.54. The quantitative estimate of drug-likeness (QED) is 0.850. The molecule has 3 nitrogen and oxygen atoms in total. The molecule has 1 aliphatic rings. The zero-order valence-electron chi connectivity index (χ0n) is 10.1. The lowest BCUT2D eigenvalue weighted by Gasteiger charge is -2.14. The second kappa shape index (κ2) is 5.30. The van der Waals surface area contributed by atoms with Crippen LogP contribution in [0.2, 0.25) is 0 Å². The fourth-order valence-electron chi connectivity index (χ4n) is 2.47. The number of imidazole rings is 1. The fraction of sp³-hybridized carbons (Fsp3) is 0.357. The van der Waals surface area contributed by atoms with Gasteiger partial charge in [0.25, 0.3) is 0 Å². The Balaban J connectivity index is 1.84. The number of anilines is 1. The summed E-state index contributed by atoms with van der Waals surface area (Å²) in [5.74, 6) is 0.961. The average Bonchev–Trinajstić information content (AvgIpc) is 3.02. The molecule has 0 saturated heterocycles. The van der Waals surface area contributed by atoms with Crippen LogP contribution in [0.4, 0.5) is 5.95 Å². The molecule has 0 spiro atoms. The van der Waals surface area contributed by atoms with Gasteiger partial charge in [0.1, 0.15) is 0 Å². The lowest BCUT2D eigenvalue weighted by Crippen LogP contribution is -2.17. The number of rotatable bonds is 3. The first-order valence-electron chi connectivity index (χ1n) is 6.39. The molecule has 1 fully saturated rings. The Morgan fingerprint density at radius 1 is 1.17 bits per heavy atom. The summed E-state index contributed by atoms with van der Waals surface area (Å²) in [5, 5.41) is 3.55. The van der Waals surface area contributed by atoms with Crippen LogP contribution < -0.4 is 5.32 Å². The first-order valence-corrected chi connectivity index (χ1v) is 7.46. The Labute approximate surface area is 121 Å². The lowest BCUT2D eigenvalue weighted by molar-refractivity contribution is 0.740. The van der Waals surface area contributed by atoms with Crippen molar-refractivity contribution in [1.82, 2.24) is 9.55 Å². The Bertz CT molecular complexity index is 512. The van der Waals surface area contributed by atoms with E-state index in [4.69, 9.17) is 0 Å². The van der Waals surface area contributed by atoms with Gasteiger partial charge >= 0.3 is 0 Å². The molecular formula is C14H16IN3. The van der Waals surface area contributed by atoms with E-state index >= 15 is 0 Å². The van der Waals surface area contributed by atoms with Crippen LogP contribution in [0, 0.1) is 3.57 Å². The standard InChI is InChI=1S/C14H16IN3/c15-11-5-7-13(8-6-11)18-10-9-16-14(18)17-12-3-1-2-4-12/h5-10,12H,1-4H2,(H,16,17). The highest BCUT2D eigenvalue weighted by atomic mass is 127. The summed E-state index contributed by atoms with van der Waals surface area (Å²) < 4.78 is 3.37. The predicted molar refractivity (Wildman–Crippen MR) is 82.2 cm³/mol. The van der Waals surface area contributed by atoms with E-state index < -0.39 is 0 Å². The number of nitrogens with one attached hydrogen (secondary N) is 1. The Morgan fingerprint density at radius 2 is 1.89 bits per heavy atom. The van der Waals surface area contributed by atoms with Crippen LogP contribution in [0.3, 0.4) is 0 Å². The number of halogens is 1. The van der Waals surface area contributed by atoms with Gasteiger partial charge in [0, 0.05) is 27.7 Å². The predicted octanol–water partition coefficient (Wildman–Crippen LogP) is 3.83. The summed E-state index contributed by atoms with van der Waals surface area (Å²) in [6, 6.07) is 9.09. The number of aromatic nitrogens is 2. The van der Waals surface area contributed by atoms with Gasteiger partial charge in [0.2, 0.25) is 5.95 Å². The Morgan fingerprint density at radius 3 is 2.61 bits per heavy atom. The molecule has 1 N–H and O–H groups in total. The molecule has 1 aromatic heterocycles. The largest absolute Gasteiger partial charge is 0.353 e. The normalized spacial score (nSPS) is 16.1. The second-order valence-electron chi connectivity index (χ2n) is 4.72. The smallest absolute Gasteiger partial charge is 0.207 e. The molecule has 0 amide bonds. The molecule has 0 unspecified atom stereocenters. The molecule has 1 aromatic carbocycles. The van der Waals surface area contributed by atoms with E-state index in [9.17, 15) is 0 Å². The zero-order chi connectivity index (χ0) is 12.4. The monoisotopic (exact) mass is 353 g/mol. The van der Waals surface area contributed by atoms with Gasteiger partial charge in [0.05, 0.1) is 0 Å². The molecule has 0 bridgehead atoms. The van der Waals surface area contributed by atoms with Crippen LogP contribution >= 0.6 is 22.6 Å². The summed E-state index contributed by atoms with van der Waals surface area (Å²) >= 11 is 2.32. The van der Waals surface area contributed by atoms with Crippen molar-refractivity contribution in [2.24, 2.45) is 0 Å². The molecule has 1 aliphatic carbocycles. The Hall–Kier alpha value is -1.04. The van der Waals surface area contributed by atoms with Gasteiger partial charge in [-0.1, -0.05) is 12.8 Å². The van der Waals surface area contributed by atoms with Gasteiger partial charge in [0.15, 0.2) is 0 Å². The molecule has 1 heterocycles. The van der Waals surface area contributed by atoms with Crippen LogP contribution in [0.1, 0.15) is 25.7 Å². The highest BCUT2D eigenvalue weighted by Crippen LogP contribution is 2.23. The van der Waals surface area contributed by atoms with Crippen LogP contribution in [0.15, 0.2) is 36.7 Å². The van der Waals surface area contributed by atoms with Gasteiger partial charge in [-0.2, -0.15) is 0 Å². The average molecular weight is 353 g/mol. The van der Waals surface area contributed by atoms with E-state index in [0.717, 1.165) is 11.6 Å². The SMILES string of the molecule is Ic1ccc(-n2ccnc2NC2CCCC2)cc1. The number of benzene rings is 1. The molecule has 4 heteroatoms. The van der Waals surface area contributed by atoms with E-state index in [2.05, 4.69) is 61.7 Å². The number of hydrogen-bond donors (Lipinski definition) is 1. The number of nitrogens with zero attached hydrogens (tertiary/aromatic N) is 2. The first-order chi connectivity index (χ1) is 8.83.